The molecule has 4 heteroatoms. The third-order valence-electron chi connectivity index (χ3n) is 11.5. The fraction of sp³-hybridized carbons (Fsp3) is 0.0577. The number of aliphatic imine (C=N–C) groups is 1. The van der Waals surface area contributed by atoms with Crippen molar-refractivity contribution in [2.45, 2.75) is 18.6 Å². The van der Waals surface area contributed by atoms with E-state index in [4.69, 9.17) is 4.99 Å². The Bertz CT molecular complexity index is 3080. The molecule has 1 aliphatic carbocycles. The molecule has 0 radical (unpaired) electrons. The van der Waals surface area contributed by atoms with Crippen molar-refractivity contribution < 1.29 is 0 Å². The van der Waals surface area contributed by atoms with Gasteiger partial charge in [0.25, 0.3) is 0 Å². The molecule has 2 aromatic heterocycles. The molecule has 2 atom stereocenters. The summed E-state index contributed by atoms with van der Waals surface area (Å²) in [7, 11) is 0. The Kier molecular flexibility index (Phi) is 7.66. The van der Waals surface area contributed by atoms with Crippen LogP contribution in [0.5, 0.6) is 0 Å². The second kappa shape index (κ2) is 13.3. The molecule has 0 amide bonds. The molecular weight excluding hydrogens is 681 g/mol. The minimum Gasteiger partial charge on any atom is -0.353 e. The van der Waals surface area contributed by atoms with Gasteiger partial charge in [-0.1, -0.05) is 140 Å². The first-order chi connectivity index (χ1) is 27.8. The molecule has 0 bridgehead atoms. The van der Waals surface area contributed by atoms with Crippen molar-refractivity contribution >= 4 is 49.3 Å². The smallest absolute Gasteiger partial charge is 0.201 e. The molecule has 9 aromatic rings. The predicted molar refractivity (Wildman–Crippen MR) is 234 cm³/mol. The third kappa shape index (κ3) is 5.41. The number of para-hydroxylation sites is 3. The standard InChI is InChI=1S/C52H38N4/c1-3-12-35(13-4-1)38-14-11-15-39(32-38)36-22-24-37(25-23-36)47-30-31-53-52(54-47)56-49-21-10-8-19-44(49)46-34-41(27-29-51(46)56)40-26-28-50-45(33-40)43-18-7-9-20-48(43)55(50)42-16-5-2-6-17-42/h1-22,24-34,36,52-53H,23H2. The van der Waals surface area contributed by atoms with Gasteiger partial charge in [-0.2, -0.15) is 0 Å². The highest BCUT2D eigenvalue weighted by Crippen LogP contribution is 2.39. The Morgan fingerprint density at radius 3 is 1.88 bits per heavy atom. The van der Waals surface area contributed by atoms with Gasteiger partial charge in [0.15, 0.2) is 0 Å². The molecule has 7 aromatic carbocycles. The van der Waals surface area contributed by atoms with Crippen LogP contribution in [0.4, 0.5) is 0 Å². The van der Waals surface area contributed by atoms with E-state index < -0.39 is 0 Å². The summed E-state index contributed by atoms with van der Waals surface area (Å²) >= 11 is 0. The molecule has 0 saturated heterocycles. The second-order valence-corrected chi connectivity index (χ2v) is 14.8. The zero-order valence-electron chi connectivity index (χ0n) is 30.8. The molecular formula is C52H38N4. The number of aromatic nitrogens is 2. The summed E-state index contributed by atoms with van der Waals surface area (Å²) in [6, 6.07) is 61.4. The Balaban J connectivity index is 0.931. The zero-order chi connectivity index (χ0) is 37.0. The average molecular weight is 719 g/mol. The first kappa shape index (κ1) is 32.3. The number of allylic oxidation sites excluding steroid dienone is 5. The quantitative estimate of drug-likeness (QED) is 0.182. The van der Waals surface area contributed by atoms with E-state index in [1.54, 1.807) is 0 Å². The van der Waals surface area contributed by atoms with Crippen molar-refractivity contribution in [1.29, 1.82) is 0 Å². The Morgan fingerprint density at radius 1 is 0.500 bits per heavy atom. The van der Waals surface area contributed by atoms with Crippen LogP contribution in [0.3, 0.4) is 0 Å². The molecule has 0 spiro atoms. The van der Waals surface area contributed by atoms with Gasteiger partial charge in [-0.25, -0.2) is 4.99 Å². The van der Waals surface area contributed by atoms with Gasteiger partial charge in [-0.15, -0.1) is 0 Å². The van der Waals surface area contributed by atoms with Gasteiger partial charge in [0.1, 0.15) is 0 Å². The molecule has 266 valence electrons. The molecule has 0 saturated carbocycles. The predicted octanol–water partition coefficient (Wildman–Crippen LogP) is 12.9. The van der Waals surface area contributed by atoms with Crippen LogP contribution in [0.2, 0.25) is 0 Å². The first-order valence-corrected chi connectivity index (χ1v) is 19.4. The van der Waals surface area contributed by atoms with Crippen molar-refractivity contribution in [1.82, 2.24) is 14.5 Å². The summed E-state index contributed by atoms with van der Waals surface area (Å²) in [6.45, 7) is 0. The van der Waals surface area contributed by atoms with Crippen LogP contribution in [0.25, 0.3) is 71.6 Å². The van der Waals surface area contributed by atoms with Crippen LogP contribution >= 0.6 is 0 Å². The van der Waals surface area contributed by atoms with E-state index in [1.165, 1.54) is 66.1 Å². The lowest BCUT2D eigenvalue weighted by molar-refractivity contribution is 0.498. The highest BCUT2D eigenvalue weighted by atomic mass is 15.3. The van der Waals surface area contributed by atoms with E-state index in [2.05, 4.69) is 209 Å². The summed E-state index contributed by atoms with van der Waals surface area (Å²) in [6.07, 6.45) is 11.7. The number of rotatable bonds is 6. The normalized spacial score (nSPS) is 16.7. The molecule has 56 heavy (non-hydrogen) atoms. The zero-order valence-corrected chi connectivity index (χ0v) is 30.8. The third-order valence-corrected chi connectivity index (χ3v) is 11.5. The minimum atomic E-state index is -0.279. The maximum Gasteiger partial charge on any atom is 0.201 e. The largest absolute Gasteiger partial charge is 0.353 e. The van der Waals surface area contributed by atoms with Crippen molar-refractivity contribution in [3.05, 3.63) is 211 Å². The van der Waals surface area contributed by atoms with E-state index in [1.807, 2.05) is 6.20 Å². The number of nitrogens with zero attached hydrogens (tertiary/aromatic N) is 3. The van der Waals surface area contributed by atoms with Crippen LogP contribution in [-0.4, -0.2) is 14.8 Å². The van der Waals surface area contributed by atoms with Crippen molar-refractivity contribution in [2.75, 3.05) is 0 Å². The monoisotopic (exact) mass is 718 g/mol. The second-order valence-electron chi connectivity index (χ2n) is 14.8. The molecule has 3 heterocycles. The summed E-state index contributed by atoms with van der Waals surface area (Å²) in [5.74, 6) is 0.333. The van der Waals surface area contributed by atoms with E-state index in [0.717, 1.165) is 28.7 Å². The number of fused-ring (bicyclic) bond motifs is 6. The molecule has 4 nitrogen and oxygen atoms in total. The van der Waals surface area contributed by atoms with Crippen LogP contribution in [0.15, 0.2) is 211 Å². The topological polar surface area (TPSA) is 34.2 Å². The fourth-order valence-electron chi connectivity index (χ4n) is 8.82. The number of hydrogen-bond acceptors (Lipinski definition) is 2. The van der Waals surface area contributed by atoms with Crippen molar-refractivity contribution in [3.8, 4) is 27.9 Å². The van der Waals surface area contributed by atoms with Gasteiger partial charge >= 0.3 is 0 Å². The molecule has 0 fully saturated rings. The fourth-order valence-corrected chi connectivity index (χ4v) is 8.82. The Morgan fingerprint density at radius 2 is 1.11 bits per heavy atom. The maximum absolute atomic E-state index is 5.33. The highest BCUT2D eigenvalue weighted by molar-refractivity contribution is 6.13. The van der Waals surface area contributed by atoms with Crippen LogP contribution in [-0.2, 0) is 0 Å². The average Bonchev–Trinajstić information content (AvgIpc) is 3.79. The minimum absolute atomic E-state index is 0.279. The van der Waals surface area contributed by atoms with Crippen LogP contribution < -0.4 is 5.32 Å². The van der Waals surface area contributed by atoms with Gasteiger partial charge in [0.2, 0.25) is 6.29 Å². The van der Waals surface area contributed by atoms with Gasteiger partial charge in [0, 0.05) is 39.4 Å². The van der Waals surface area contributed by atoms with E-state index in [0.29, 0.717) is 5.92 Å². The number of benzene rings is 7. The summed E-state index contributed by atoms with van der Waals surface area (Å²) in [4.78, 5) is 5.33. The maximum atomic E-state index is 5.33. The van der Waals surface area contributed by atoms with Gasteiger partial charge in [-0.3, -0.25) is 0 Å². The molecule has 2 unspecified atom stereocenters. The summed E-state index contributed by atoms with van der Waals surface area (Å²) < 4.78 is 4.72. The lowest BCUT2D eigenvalue weighted by atomic mass is 9.87. The lowest BCUT2D eigenvalue weighted by Crippen LogP contribution is -2.25. The molecule has 1 N–H and O–H groups in total. The van der Waals surface area contributed by atoms with Gasteiger partial charge < -0.3 is 14.5 Å². The van der Waals surface area contributed by atoms with Crippen LogP contribution in [0, 0.1) is 0 Å². The van der Waals surface area contributed by atoms with Crippen LogP contribution in [0.1, 0.15) is 24.2 Å². The van der Waals surface area contributed by atoms with Crippen molar-refractivity contribution in [3.63, 3.8) is 0 Å². The highest BCUT2D eigenvalue weighted by Gasteiger charge is 2.22. The SMILES string of the molecule is C1=CC(C2=CCC(c3cccc(-c4ccccc4)c3)C=C2)=NC(n2c3ccccc3c3cc(-c4ccc5c(c4)c4ccccc4n5-c4ccccc4)ccc32)N1. The molecule has 2 aliphatic rings. The first-order valence-electron chi connectivity index (χ1n) is 19.4. The Hall–Kier alpha value is -7.17. The van der Waals surface area contributed by atoms with E-state index in [9.17, 15) is 0 Å². The van der Waals surface area contributed by atoms with Gasteiger partial charge in [0.05, 0.1) is 27.8 Å². The molecule has 1 aliphatic heterocycles. The summed E-state index contributed by atoms with van der Waals surface area (Å²) in [5.41, 5.74) is 14.3. The number of hydrogen-bond donors (Lipinski definition) is 1. The Labute approximate surface area is 325 Å². The van der Waals surface area contributed by atoms with Crippen molar-refractivity contribution in [2.24, 2.45) is 4.99 Å². The summed E-state index contributed by atoms with van der Waals surface area (Å²) in [5, 5.41) is 8.52. The molecule has 11 rings (SSSR count). The lowest BCUT2D eigenvalue weighted by Gasteiger charge is -2.24. The van der Waals surface area contributed by atoms with E-state index in [-0.39, 0.29) is 6.29 Å². The number of nitrogens with one attached hydrogen (secondary N) is 1. The van der Waals surface area contributed by atoms with E-state index >= 15 is 0 Å². The van der Waals surface area contributed by atoms with Gasteiger partial charge in [-0.05, 0) is 94.4 Å².